The van der Waals surface area contributed by atoms with Crippen molar-refractivity contribution < 1.29 is 9.53 Å². The Morgan fingerprint density at radius 1 is 1.47 bits per heavy atom. The molecule has 1 heterocycles. The van der Waals surface area contributed by atoms with Gasteiger partial charge in [-0.15, -0.1) is 0 Å². The van der Waals surface area contributed by atoms with Crippen molar-refractivity contribution in [3.05, 3.63) is 33.8 Å². The van der Waals surface area contributed by atoms with Crippen LogP contribution >= 0.6 is 23.2 Å². The molecule has 0 radical (unpaired) electrons. The number of carbonyl (C=O) groups excluding carboxylic acids is 1. The highest BCUT2D eigenvalue weighted by Crippen LogP contribution is 2.26. The summed E-state index contributed by atoms with van der Waals surface area (Å²) in [6, 6.07) is 5.07. The van der Waals surface area contributed by atoms with Gasteiger partial charge in [-0.2, -0.15) is 0 Å². The molecule has 104 valence electrons. The predicted molar refractivity (Wildman–Crippen MR) is 76.0 cm³/mol. The van der Waals surface area contributed by atoms with Crippen molar-refractivity contribution in [2.45, 2.75) is 6.10 Å². The molecule has 0 bridgehead atoms. The molecule has 1 aromatic rings. The number of likely N-dealkylation sites (N-methyl/N-ethyl adjacent to an activating group) is 1. The number of hydrogen-bond donors (Lipinski definition) is 1. The predicted octanol–water partition coefficient (Wildman–Crippen LogP) is 2.05. The monoisotopic (exact) mass is 302 g/mol. The van der Waals surface area contributed by atoms with E-state index in [1.54, 1.807) is 23.1 Å². The fraction of sp³-hybridized carbons (Fsp3) is 0.462. The first-order valence-corrected chi connectivity index (χ1v) is 6.88. The smallest absolute Gasteiger partial charge is 0.257 e. The van der Waals surface area contributed by atoms with Crippen LogP contribution in [0.15, 0.2) is 18.2 Å². The van der Waals surface area contributed by atoms with Gasteiger partial charge in [-0.25, -0.2) is 0 Å². The maximum absolute atomic E-state index is 12.5. The molecule has 4 nitrogen and oxygen atoms in total. The van der Waals surface area contributed by atoms with Crippen LogP contribution in [0.5, 0.6) is 0 Å². The summed E-state index contributed by atoms with van der Waals surface area (Å²) in [7, 11) is 1.86. The van der Waals surface area contributed by atoms with Gasteiger partial charge in [0.2, 0.25) is 0 Å². The van der Waals surface area contributed by atoms with Crippen LogP contribution in [0, 0.1) is 0 Å². The summed E-state index contributed by atoms with van der Waals surface area (Å²) in [6.07, 6.45) is 0.00367. The second-order valence-electron chi connectivity index (χ2n) is 4.40. The summed E-state index contributed by atoms with van der Waals surface area (Å²) in [6.45, 7) is 2.34. The summed E-state index contributed by atoms with van der Waals surface area (Å²) in [5.41, 5.74) is 0.371. The van der Waals surface area contributed by atoms with Crippen LogP contribution in [0.4, 0.5) is 0 Å². The Balaban J connectivity index is 2.15. The van der Waals surface area contributed by atoms with Crippen LogP contribution in [0.2, 0.25) is 10.0 Å². The van der Waals surface area contributed by atoms with Crippen molar-refractivity contribution in [3.8, 4) is 0 Å². The lowest BCUT2D eigenvalue weighted by Crippen LogP contribution is -2.48. The number of rotatable bonds is 3. The molecule has 6 heteroatoms. The Labute approximate surface area is 122 Å². The van der Waals surface area contributed by atoms with Gasteiger partial charge in [0.15, 0.2) is 0 Å². The van der Waals surface area contributed by atoms with E-state index in [0.29, 0.717) is 41.8 Å². The number of morpholine rings is 1. The van der Waals surface area contributed by atoms with Crippen molar-refractivity contribution >= 4 is 29.1 Å². The number of ether oxygens (including phenoxy) is 1. The summed E-state index contributed by atoms with van der Waals surface area (Å²) < 4.78 is 5.57. The fourth-order valence-corrected chi connectivity index (χ4v) is 2.67. The summed E-state index contributed by atoms with van der Waals surface area (Å²) in [5.74, 6) is -0.139. The highest BCUT2D eigenvalue weighted by Gasteiger charge is 2.27. The lowest BCUT2D eigenvalue weighted by atomic mass is 10.1. The maximum atomic E-state index is 12.5. The van der Waals surface area contributed by atoms with Crippen LogP contribution in [0.3, 0.4) is 0 Å². The van der Waals surface area contributed by atoms with Crippen LogP contribution < -0.4 is 5.32 Å². The first-order chi connectivity index (χ1) is 9.13. The molecular weight excluding hydrogens is 287 g/mol. The topological polar surface area (TPSA) is 41.6 Å². The van der Waals surface area contributed by atoms with E-state index in [2.05, 4.69) is 5.32 Å². The number of carbonyl (C=O) groups is 1. The number of amides is 1. The van der Waals surface area contributed by atoms with Gasteiger partial charge in [0.05, 0.1) is 28.3 Å². The molecule has 0 spiro atoms. The second kappa shape index (κ2) is 6.57. The molecule has 1 aromatic carbocycles. The molecule has 0 aliphatic carbocycles. The average molecular weight is 303 g/mol. The van der Waals surface area contributed by atoms with E-state index in [0.717, 1.165) is 0 Å². The minimum absolute atomic E-state index is 0.00367. The molecule has 2 rings (SSSR count). The Bertz CT molecular complexity index is 446. The summed E-state index contributed by atoms with van der Waals surface area (Å²) in [5, 5.41) is 3.81. The van der Waals surface area contributed by atoms with Crippen LogP contribution in [-0.4, -0.2) is 50.2 Å². The zero-order chi connectivity index (χ0) is 13.8. The molecule has 1 saturated heterocycles. The van der Waals surface area contributed by atoms with E-state index in [1.807, 2.05) is 7.05 Å². The minimum atomic E-state index is -0.139. The SMILES string of the molecule is CNCC1CN(C(=O)c2c(Cl)cccc2Cl)CCO1. The third-order valence-corrected chi connectivity index (χ3v) is 3.66. The third kappa shape index (κ3) is 3.39. The van der Waals surface area contributed by atoms with Crippen molar-refractivity contribution in [2.75, 3.05) is 33.3 Å². The lowest BCUT2D eigenvalue weighted by molar-refractivity contribution is -0.0196. The lowest BCUT2D eigenvalue weighted by Gasteiger charge is -2.33. The summed E-state index contributed by atoms with van der Waals surface area (Å²) >= 11 is 12.1. The van der Waals surface area contributed by atoms with E-state index in [4.69, 9.17) is 27.9 Å². The zero-order valence-electron chi connectivity index (χ0n) is 10.7. The van der Waals surface area contributed by atoms with E-state index in [9.17, 15) is 4.79 Å². The number of benzene rings is 1. The van der Waals surface area contributed by atoms with E-state index in [-0.39, 0.29) is 12.0 Å². The first kappa shape index (κ1) is 14.6. The zero-order valence-corrected chi connectivity index (χ0v) is 12.2. The van der Waals surface area contributed by atoms with Gasteiger partial charge < -0.3 is 15.0 Å². The third-order valence-electron chi connectivity index (χ3n) is 3.03. The van der Waals surface area contributed by atoms with Gasteiger partial charge in [-0.3, -0.25) is 4.79 Å². The number of hydrogen-bond acceptors (Lipinski definition) is 3. The van der Waals surface area contributed by atoms with Crippen molar-refractivity contribution in [1.29, 1.82) is 0 Å². The Morgan fingerprint density at radius 3 is 2.79 bits per heavy atom. The van der Waals surface area contributed by atoms with Gasteiger partial charge in [0.1, 0.15) is 0 Å². The molecule has 1 unspecified atom stereocenters. The molecule has 0 saturated carbocycles. The molecule has 19 heavy (non-hydrogen) atoms. The molecule has 1 aliphatic heterocycles. The van der Waals surface area contributed by atoms with Gasteiger partial charge in [-0.1, -0.05) is 29.3 Å². The van der Waals surface area contributed by atoms with E-state index in [1.165, 1.54) is 0 Å². The molecule has 1 fully saturated rings. The quantitative estimate of drug-likeness (QED) is 0.929. The van der Waals surface area contributed by atoms with Gasteiger partial charge in [0, 0.05) is 19.6 Å². The van der Waals surface area contributed by atoms with Crippen molar-refractivity contribution in [3.63, 3.8) is 0 Å². The number of nitrogens with zero attached hydrogens (tertiary/aromatic N) is 1. The van der Waals surface area contributed by atoms with Crippen LogP contribution in [0.1, 0.15) is 10.4 Å². The standard InChI is InChI=1S/C13H16Cl2N2O2/c1-16-7-9-8-17(5-6-19-9)13(18)12-10(14)3-2-4-11(12)15/h2-4,9,16H,5-8H2,1H3. The minimum Gasteiger partial charge on any atom is -0.373 e. The second-order valence-corrected chi connectivity index (χ2v) is 5.21. The highest BCUT2D eigenvalue weighted by molar-refractivity contribution is 6.39. The molecule has 1 N–H and O–H groups in total. The molecule has 1 aliphatic rings. The Kier molecular flexibility index (Phi) is 5.05. The van der Waals surface area contributed by atoms with Gasteiger partial charge in [-0.05, 0) is 19.2 Å². The highest BCUT2D eigenvalue weighted by atomic mass is 35.5. The first-order valence-electron chi connectivity index (χ1n) is 6.13. The largest absolute Gasteiger partial charge is 0.373 e. The average Bonchev–Trinajstić information content (AvgIpc) is 2.39. The Morgan fingerprint density at radius 2 is 2.16 bits per heavy atom. The van der Waals surface area contributed by atoms with Crippen molar-refractivity contribution in [2.24, 2.45) is 0 Å². The molecule has 0 aromatic heterocycles. The van der Waals surface area contributed by atoms with E-state index >= 15 is 0 Å². The fourth-order valence-electron chi connectivity index (χ4n) is 2.12. The Hall–Kier alpha value is -0.810. The molecule has 1 amide bonds. The normalized spacial score (nSPS) is 19.5. The van der Waals surface area contributed by atoms with Crippen molar-refractivity contribution in [1.82, 2.24) is 10.2 Å². The molecular formula is C13H16Cl2N2O2. The number of halogens is 2. The number of nitrogens with one attached hydrogen (secondary N) is 1. The van der Waals surface area contributed by atoms with Gasteiger partial charge >= 0.3 is 0 Å². The molecule has 1 atom stereocenters. The van der Waals surface area contributed by atoms with Crippen LogP contribution in [0.25, 0.3) is 0 Å². The summed E-state index contributed by atoms with van der Waals surface area (Å²) in [4.78, 5) is 14.2. The van der Waals surface area contributed by atoms with E-state index < -0.39 is 0 Å². The van der Waals surface area contributed by atoms with Crippen LogP contribution in [-0.2, 0) is 4.74 Å². The maximum Gasteiger partial charge on any atom is 0.257 e. The van der Waals surface area contributed by atoms with Gasteiger partial charge in [0.25, 0.3) is 5.91 Å².